The molecule has 8 aromatic rings. The molecule has 1 heterocycles. The van der Waals surface area contributed by atoms with Crippen LogP contribution in [0.5, 0.6) is 5.88 Å². The number of hydrogen-bond donors (Lipinski definition) is 0. The quantitative estimate of drug-likeness (QED) is 0.0626. The summed E-state index contributed by atoms with van der Waals surface area (Å²) in [4.78, 5) is 16.9. The van der Waals surface area contributed by atoms with Crippen molar-refractivity contribution < 1.29 is 119 Å². The number of nitrogens with zero attached hydrogens (tertiary/aromatic N) is 2. The third kappa shape index (κ3) is 13.6. The zero-order chi connectivity index (χ0) is 63.5. The van der Waals surface area contributed by atoms with E-state index in [9.17, 15) is 110 Å². The number of halogens is 24. The van der Waals surface area contributed by atoms with E-state index in [4.69, 9.17) is 4.74 Å². The molecule has 0 saturated heterocycles. The lowest BCUT2D eigenvalue weighted by atomic mass is 9.12. The lowest BCUT2D eigenvalue weighted by Gasteiger charge is -2.46. The van der Waals surface area contributed by atoms with Crippen molar-refractivity contribution in [1.29, 1.82) is 0 Å². The number of aromatic nitrogens is 2. The molecule has 0 saturated carbocycles. The molecule has 7 aromatic carbocycles. The van der Waals surface area contributed by atoms with Crippen LogP contribution in [-0.2, 0) is 56.0 Å². The van der Waals surface area contributed by atoms with E-state index in [0.717, 1.165) is 11.1 Å². The summed E-state index contributed by atoms with van der Waals surface area (Å²) in [6, 6.07) is 17.0. The second-order valence-electron chi connectivity index (χ2n) is 19.3. The Morgan fingerprint density at radius 3 is 0.965 bits per heavy atom. The van der Waals surface area contributed by atoms with E-state index in [1.54, 1.807) is 18.6 Å². The molecule has 1 aliphatic carbocycles. The van der Waals surface area contributed by atoms with Gasteiger partial charge in [0, 0.05) is 16.7 Å². The van der Waals surface area contributed by atoms with Crippen LogP contribution in [0.25, 0.3) is 11.1 Å². The van der Waals surface area contributed by atoms with Crippen LogP contribution in [0.15, 0.2) is 170 Å². The molecule has 9 rings (SSSR count). The van der Waals surface area contributed by atoms with Crippen LogP contribution in [0.4, 0.5) is 105 Å². The SMILES string of the molecule is FC(F)(F)c1cc([B-](c2cc(C(F)(F)F)cc(C(F)(F)F)c2)(c2cc(C(F)(F)F)cc(C(F)(F)F)c2)c2cc(C(F)(F)F)cc(C(F)(F)F)c2)cc(C(F)(F)F)c1.O=C(C[n+]1ccnc(OC2c3ccccc3-c3ccccc32)c1)c1ccccc1. The van der Waals surface area contributed by atoms with Gasteiger partial charge in [-0.15, -0.1) is 0 Å². The van der Waals surface area contributed by atoms with Gasteiger partial charge in [-0.2, -0.15) is 132 Å². The summed E-state index contributed by atoms with van der Waals surface area (Å²) in [7, 11) is 0. The third-order valence-electron chi connectivity index (χ3n) is 13.6. The molecule has 0 atom stereocenters. The summed E-state index contributed by atoms with van der Waals surface area (Å²) in [6.07, 6.45) is -49.8. The first-order valence-corrected chi connectivity index (χ1v) is 24.2. The van der Waals surface area contributed by atoms with Crippen LogP contribution in [0.1, 0.15) is 72.1 Å². The number of fused-ring (bicyclic) bond motifs is 3. The molecule has 4 nitrogen and oxygen atoms in total. The first-order valence-electron chi connectivity index (χ1n) is 24.2. The van der Waals surface area contributed by atoms with E-state index in [1.165, 1.54) is 11.1 Å². The van der Waals surface area contributed by atoms with Gasteiger partial charge in [-0.1, -0.05) is 127 Å². The minimum atomic E-state index is -6.13. The number of carbonyl (C=O) groups is 1. The highest BCUT2D eigenvalue weighted by molar-refractivity contribution is 7.20. The van der Waals surface area contributed by atoms with Gasteiger partial charge in [-0.25, -0.2) is 4.98 Å². The predicted molar refractivity (Wildman–Crippen MR) is 260 cm³/mol. The summed E-state index contributed by atoms with van der Waals surface area (Å²) < 4.78 is 349. The van der Waals surface area contributed by atoms with Crippen LogP contribution in [-0.4, -0.2) is 16.9 Å². The number of benzene rings is 7. The molecule has 29 heteroatoms. The van der Waals surface area contributed by atoms with Gasteiger partial charge in [-0.05, 0) is 35.4 Å². The smallest absolute Gasteiger partial charge is 0.416 e. The van der Waals surface area contributed by atoms with Crippen molar-refractivity contribution in [2.75, 3.05) is 0 Å². The van der Waals surface area contributed by atoms with Crippen molar-refractivity contribution >= 4 is 33.8 Å². The third-order valence-corrected chi connectivity index (χ3v) is 13.6. The highest BCUT2D eigenvalue weighted by Crippen LogP contribution is 2.46. The Morgan fingerprint density at radius 1 is 0.395 bits per heavy atom. The Labute approximate surface area is 467 Å². The molecule has 0 fully saturated rings. The lowest BCUT2D eigenvalue weighted by Crippen LogP contribution is -2.75. The van der Waals surface area contributed by atoms with Crippen molar-refractivity contribution in [2.24, 2.45) is 0 Å². The van der Waals surface area contributed by atoms with Gasteiger partial charge >= 0.3 is 49.4 Å². The highest BCUT2D eigenvalue weighted by Gasteiger charge is 2.47. The molecule has 0 amide bonds. The molecule has 0 N–H and O–H groups in total. The highest BCUT2D eigenvalue weighted by atomic mass is 19.4. The fraction of sp³-hybridized carbons (Fsp3) is 0.175. The van der Waals surface area contributed by atoms with E-state index in [1.807, 2.05) is 59.2 Å². The number of rotatable bonds is 9. The number of carbonyl (C=O) groups excluding carboxylic acids is 1. The van der Waals surface area contributed by atoms with Crippen LogP contribution in [0, 0.1) is 0 Å². The standard InChI is InChI=1S/C32H12BF24.C25H19N2O2/c34-25(35,36)13-1-14(26(37,38)39)6-21(5-13)33(22-7-15(27(40,41)42)2-16(8-22)28(43,44)45,23-9-17(29(46,47)48)3-18(10-23)30(49,50)51)24-11-19(31(52,53)54)4-20(12-24)32(55,56)57;28-23(18-8-2-1-3-9-18)16-27-15-14-26-24(17-27)29-25-21-12-6-4-10-19(21)20-11-5-7-13-22(20)25/h1-12H;1-15,17,25H,16H2/q-1;+1. The fourth-order valence-electron chi connectivity index (χ4n) is 9.88. The zero-order valence-electron chi connectivity index (χ0n) is 42.3. The van der Waals surface area contributed by atoms with Gasteiger partial charge in [-0.3, -0.25) is 4.79 Å². The molecule has 1 aliphatic rings. The van der Waals surface area contributed by atoms with Crippen molar-refractivity contribution in [3.8, 4) is 17.0 Å². The van der Waals surface area contributed by atoms with Crippen molar-refractivity contribution in [2.45, 2.75) is 62.1 Å². The Kier molecular flexibility index (Phi) is 16.5. The van der Waals surface area contributed by atoms with Crippen molar-refractivity contribution in [1.82, 2.24) is 4.98 Å². The maximum absolute atomic E-state index is 14.2. The van der Waals surface area contributed by atoms with Crippen LogP contribution in [0.3, 0.4) is 0 Å². The van der Waals surface area contributed by atoms with E-state index < -0.39 is 195 Å². The average Bonchev–Trinajstić information content (AvgIpc) is 0.865. The molecule has 0 bridgehead atoms. The maximum atomic E-state index is 14.2. The first kappa shape index (κ1) is 63.5. The van der Waals surface area contributed by atoms with Crippen LogP contribution in [0.2, 0.25) is 0 Å². The van der Waals surface area contributed by atoms with Gasteiger partial charge in [0.05, 0.1) is 50.7 Å². The molecular weight excluding hydrogens is 1210 g/mol. The molecule has 86 heavy (non-hydrogen) atoms. The summed E-state index contributed by atoms with van der Waals surface area (Å²) in [6.45, 7) is 0.237. The van der Waals surface area contributed by atoms with Gasteiger partial charge in [0.25, 0.3) is 5.88 Å². The van der Waals surface area contributed by atoms with Gasteiger partial charge < -0.3 is 4.74 Å². The first-order chi connectivity index (χ1) is 39.6. The minimum absolute atomic E-state index is 0.0457. The Morgan fingerprint density at radius 2 is 0.674 bits per heavy atom. The van der Waals surface area contributed by atoms with Gasteiger partial charge in [0.15, 0.2) is 12.3 Å². The molecule has 0 radical (unpaired) electrons. The summed E-state index contributed by atoms with van der Waals surface area (Å²) in [5.74, 6) is 0.536. The van der Waals surface area contributed by atoms with Gasteiger partial charge in [0.2, 0.25) is 18.5 Å². The molecule has 1 aromatic heterocycles. The second kappa shape index (κ2) is 22.4. The van der Waals surface area contributed by atoms with Crippen molar-refractivity contribution in [3.05, 3.63) is 231 Å². The number of ether oxygens (including phenoxy) is 1. The molecule has 0 spiro atoms. The molecule has 452 valence electrons. The maximum Gasteiger partial charge on any atom is 0.416 e. The monoisotopic (exact) mass is 1240 g/mol. The average molecular weight is 1240 g/mol. The van der Waals surface area contributed by atoms with E-state index >= 15 is 0 Å². The zero-order valence-corrected chi connectivity index (χ0v) is 42.3. The Hall–Kier alpha value is -8.53. The summed E-state index contributed by atoms with van der Waals surface area (Å²) in [5, 5.41) is 0. The summed E-state index contributed by atoms with van der Waals surface area (Å²) in [5.41, 5.74) is -24.9. The largest absolute Gasteiger partial charge is 0.460 e. The number of ketones is 1. The lowest BCUT2D eigenvalue weighted by molar-refractivity contribution is -0.684. The van der Waals surface area contributed by atoms with Gasteiger partial charge in [0.1, 0.15) is 6.15 Å². The minimum Gasteiger partial charge on any atom is -0.460 e. The number of Topliss-reactive ketones (excluding diaryl/α,β-unsaturated/α-hetero) is 1. The normalized spacial score (nSPS) is 13.6. The Balaban J connectivity index is 0.000000274. The topological polar surface area (TPSA) is 43.1 Å². The van der Waals surface area contributed by atoms with Crippen LogP contribution < -0.4 is 31.2 Å². The predicted octanol–water partition coefficient (Wildman–Crippen LogP) is 15.6. The Bertz CT molecular complexity index is 3340. The van der Waals surface area contributed by atoms with Crippen molar-refractivity contribution in [3.63, 3.8) is 0 Å². The molecular formula is C57H31BF24N2O2. The second-order valence-corrected chi connectivity index (χ2v) is 19.3. The number of alkyl halides is 24. The fourth-order valence-corrected chi connectivity index (χ4v) is 9.88. The molecule has 0 unspecified atom stereocenters. The van der Waals surface area contributed by atoms with E-state index in [2.05, 4.69) is 29.2 Å². The van der Waals surface area contributed by atoms with E-state index in [0.29, 0.717) is 11.4 Å². The van der Waals surface area contributed by atoms with Crippen LogP contribution >= 0.6 is 0 Å². The van der Waals surface area contributed by atoms with E-state index in [-0.39, 0.29) is 18.4 Å². The molecule has 0 aliphatic heterocycles. The summed E-state index contributed by atoms with van der Waals surface area (Å²) >= 11 is 0. The number of hydrogen-bond acceptors (Lipinski definition) is 3.